The summed E-state index contributed by atoms with van der Waals surface area (Å²) in [4.78, 5) is 0. The maximum atomic E-state index is 3.45. The first-order chi connectivity index (χ1) is 9.10. The predicted octanol–water partition coefficient (Wildman–Crippen LogP) is 4.12. The number of aryl methyl sites for hydroxylation is 3. The minimum absolute atomic E-state index is 0.377. The number of nitrogens with one attached hydrogen (secondary N) is 1. The molecule has 2 aromatic rings. The van der Waals surface area contributed by atoms with E-state index in [1.165, 1.54) is 27.8 Å². The van der Waals surface area contributed by atoms with E-state index in [1.54, 1.807) is 0 Å². The molecular formula is C18H23N. The van der Waals surface area contributed by atoms with Crippen LogP contribution in [0.25, 0.3) is 0 Å². The molecule has 1 unspecified atom stereocenters. The van der Waals surface area contributed by atoms with Gasteiger partial charge >= 0.3 is 0 Å². The van der Waals surface area contributed by atoms with E-state index in [2.05, 4.69) is 68.6 Å². The van der Waals surface area contributed by atoms with Gasteiger partial charge in [0.2, 0.25) is 0 Å². The van der Waals surface area contributed by atoms with Crippen molar-refractivity contribution in [2.24, 2.45) is 0 Å². The zero-order valence-electron chi connectivity index (χ0n) is 12.3. The van der Waals surface area contributed by atoms with Gasteiger partial charge in [-0.2, -0.15) is 0 Å². The van der Waals surface area contributed by atoms with E-state index in [9.17, 15) is 0 Å². The van der Waals surface area contributed by atoms with E-state index in [-0.39, 0.29) is 0 Å². The minimum Gasteiger partial charge on any atom is -0.313 e. The second kappa shape index (κ2) is 6.03. The van der Waals surface area contributed by atoms with Crippen molar-refractivity contribution in [1.29, 1.82) is 0 Å². The molecule has 0 aromatic heterocycles. The highest BCUT2D eigenvalue weighted by Gasteiger charge is 2.12. The third-order valence-corrected chi connectivity index (χ3v) is 3.67. The van der Waals surface area contributed by atoms with E-state index in [1.807, 2.05) is 7.05 Å². The van der Waals surface area contributed by atoms with Crippen LogP contribution in [-0.2, 0) is 6.42 Å². The molecule has 0 aliphatic heterocycles. The number of rotatable bonds is 4. The van der Waals surface area contributed by atoms with Gasteiger partial charge in [-0.15, -0.1) is 0 Å². The van der Waals surface area contributed by atoms with Gasteiger partial charge in [0.1, 0.15) is 0 Å². The molecule has 0 amide bonds. The lowest BCUT2D eigenvalue weighted by Crippen LogP contribution is -2.19. The van der Waals surface area contributed by atoms with Crippen LogP contribution in [0, 0.1) is 20.8 Å². The quantitative estimate of drug-likeness (QED) is 0.864. The highest BCUT2D eigenvalue weighted by Crippen LogP contribution is 2.22. The Labute approximate surface area is 116 Å². The molecule has 1 atom stereocenters. The molecule has 1 nitrogen and oxygen atoms in total. The molecule has 0 heterocycles. The first kappa shape index (κ1) is 13.8. The summed E-state index contributed by atoms with van der Waals surface area (Å²) in [5, 5.41) is 3.45. The molecule has 100 valence electrons. The third kappa shape index (κ3) is 3.45. The number of likely N-dealkylation sites (N-methyl/N-ethyl adjacent to an activating group) is 1. The van der Waals surface area contributed by atoms with E-state index < -0.39 is 0 Å². The molecule has 2 aromatic carbocycles. The normalized spacial score (nSPS) is 12.4. The maximum Gasteiger partial charge on any atom is 0.0361 e. The largest absolute Gasteiger partial charge is 0.313 e. The van der Waals surface area contributed by atoms with E-state index in [0.29, 0.717) is 6.04 Å². The van der Waals surface area contributed by atoms with Gasteiger partial charge in [-0.05, 0) is 50.9 Å². The highest BCUT2D eigenvalue weighted by molar-refractivity contribution is 5.34. The summed E-state index contributed by atoms with van der Waals surface area (Å²) in [5.74, 6) is 0. The Morgan fingerprint density at radius 3 is 2.32 bits per heavy atom. The van der Waals surface area contributed by atoms with Gasteiger partial charge in [-0.3, -0.25) is 0 Å². The van der Waals surface area contributed by atoms with E-state index >= 15 is 0 Å². The standard InChI is InChI=1S/C18H23N/c1-13-6-5-7-16(11-13)12-18(19-4)17-9-8-14(2)10-15(17)3/h5-11,18-19H,12H2,1-4H3. The Bertz CT molecular complexity index is 557. The number of hydrogen-bond donors (Lipinski definition) is 1. The molecule has 0 aliphatic rings. The van der Waals surface area contributed by atoms with Crippen molar-refractivity contribution in [1.82, 2.24) is 5.32 Å². The molecule has 0 saturated heterocycles. The van der Waals surface area contributed by atoms with Crippen LogP contribution in [0.1, 0.15) is 33.9 Å². The van der Waals surface area contributed by atoms with Crippen molar-refractivity contribution in [3.63, 3.8) is 0 Å². The lowest BCUT2D eigenvalue weighted by Gasteiger charge is -2.19. The lowest BCUT2D eigenvalue weighted by atomic mass is 9.94. The van der Waals surface area contributed by atoms with Gasteiger partial charge in [0.15, 0.2) is 0 Å². The molecule has 19 heavy (non-hydrogen) atoms. The molecule has 0 spiro atoms. The van der Waals surface area contributed by atoms with Gasteiger partial charge in [-0.1, -0.05) is 53.6 Å². The third-order valence-electron chi connectivity index (χ3n) is 3.67. The lowest BCUT2D eigenvalue weighted by molar-refractivity contribution is 0.588. The van der Waals surface area contributed by atoms with Crippen molar-refractivity contribution < 1.29 is 0 Å². The van der Waals surface area contributed by atoms with Crippen LogP contribution in [0.5, 0.6) is 0 Å². The fourth-order valence-electron chi connectivity index (χ4n) is 2.66. The second-order valence-electron chi connectivity index (χ2n) is 5.39. The van der Waals surface area contributed by atoms with Crippen molar-refractivity contribution >= 4 is 0 Å². The Hall–Kier alpha value is -1.60. The molecule has 0 bridgehead atoms. The van der Waals surface area contributed by atoms with Crippen LogP contribution in [-0.4, -0.2) is 7.05 Å². The average molecular weight is 253 g/mol. The Morgan fingerprint density at radius 2 is 1.68 bits per heavy atom. The highest BCUT2D eigenvalue weighted by atomic mass is 14.9. The SMILES string of the molecule is CNC(Cc1cccc(C)c1)c1ccc(C)cc1C. The molecule has 0 saturated carbocycles. The van der Waals surface area contributed by atoms with Gasteiger partial charge in [0.05, 0.1) is 0 Å². The number of hydrogen-bond acceptors (Lipinski definition) is 1. The topological polar surface area (TPSA) is 12.0 Å². The summed E-state index contributed by atoms with van der Waals surface area (Å²) < 4.78 is 0. The summed E-state index contributed by atoms with van der Waals surface area (Å²) in [7, 11) is 2.04. The van der Waals surface area contributed by atoms with Crippen LogP contribution in [0.15, 0.2) is 42.5 Å². The van der Waals surface area contributed by atoms with Crippen LogP contribution in [0.3, 0.4) is 0 Å². The van der Waals surface area contributed by atoms with Gasteiger partial charge in [-0.25, -0.2) is 0 Å². The van der Waals surface area contributed by atoms with E-state index in [0.717, 1.165) is 6.42 Å². The van der Waals surface area contributed by atoms with Crippen LogP contribution >= 0.6 is 0 Å². The first-order valence-corrected chi connectivity index (χ1v) is 6.90. The maximum absolute atomic E-state index is 3.45. The van der Waals surface area contributed by atoms with Crippen LogP contribution < -0.4 is 5.32 Å². The molecule has 1 heteroatoms. The number of benzene rings is 2. The van der Waals surface area contributed by atoms with Gasteiger partial charge in [0.25, 0.3) is 0 Å². The fraction of sp³-hybridized carbons (Fsp3) is 0.333. The Kier molecular flexibility index (Phi) is 4.39. The first-order valence-electron chi connectivity index (χ1n) is 6.90. The Morgan fingerprint density at radius 1 is 0.947 bits per heavy atom. The summed E-state index contributed by atoms with van der Waals surface area (Å²) in [6.45, 7) is 6.49. The average Bonchev–Trinajstić information content (AvgIpc) is 2.37. The summed E-state index contributed by atoms with van der Waals surface area (Å²) in [6, 6.07) is 15.9. The summed E-state index contributed by atoms with van der Waals surface area (Å²) in [6.07, 6.45) is 1.03. The monoisotopic (exact) mass is 253 g/mol. The summed E-state index contributed by atoms with van der Waals surface area (Å²) in [5.41, 5.74) is 6.81. The fourth-order valence-corrected chi connectivity index (χ4v) is 2.66. The van der Waals surface area contributed by atoms with E-state index in [4.69, 9.17) is 0 Å². The molecule has 0 fully saturated rings. The Balaban J connectivity index is 2.25. The van der Waals surface area contributed by atoms with Crippen LogP contribution in [0.4, 0.5) is 0 Å². The molecule has 2 rings (SSSR count). The smallest absolute Gasteiger partial charge is 0.0361 e. The van der Waals surface area contributed by atoms with Crippen molar-refractivity contribution in [2.45, 2.75) is 33.2 Å². The molecule has 0 aliphatic carbocycles. The zero-order valence-corrected chi connectivity index (χ0v) is 12.3. The molecular weight excluding hydrogens is 230 g/mol. The van der Waals surface area contributed by atoms with Crippen LogP contribution in [0.2, 0.25) is 0 Å². The predicted molar refractivity (Wildman–Crippen MR) is 82.6 cm³/mol. The van der Waals surface area contributed by atoms with Gasteiger partial charge in [0, 0.05) is 6.04 Å². The minimum atomic E-state index is 0.377. The zero-order chi connectivity index (χ0) is 13.8. The second-order valence-corrected chi connectivity index (χ2v) is 5.39. The summed E-state index contributed by atoms with van der Waals surface area (Å²) >= 11 is 0. The van der Waals surface area contributed by atoms with Crippen molar-refractivity contribution in [2.75, 3.05) is 7.05 Å². The molecule has 1 N–H and O–H groups in total. The van der Waals surface area contributed by atoms with Gasteiger partial charge < -0.3 is 5.32 Å². The molecule has 0 radical (unpaired) electrons. The van der Waals surface area contributed by atoms with Crippen molar-refractivity contribution in [3.05, 3.63) is 70.3 Å². The van der Waals surface area contributed by atoms with Crippen molar-refractivity contribution in [3.8, 4) is 0 Å².